The van der Waals surface area contributed by atoms with E-state index in [0.29, 0.717) is 6.61 Å². The fraction of sp³-hybridized carbons (Fsp3) is 0.875. The van der Waals surface area contributed by atoms with E-state index < -0.39 is 13.7 Å². The van der Waals surface area contributed by atoms with Crippen LogP contribution in [0.25, 0.3) is 0 Å². The highest BCUT2D eigenvalue weighted by molar-refractivity contribution is 6.74. The molecular formula is C24H48O4Si. The molecule has 0 spiro atoms. The number of hydrogen-bond acceptors (Lipinski definition) is 4. The number of rotatable bonds is 13. The van der Waals surface area contributed by atoms with Gasteiger partial charge in [-0.25, -0.2) is 0 Å². The number of methoxy groups -OCH3 is 1. The van der Waals surface area contributed by atoms with Crippen LogP contribution in [-0.4, -0.2) is 40.2 Å². The minimum absolute atomic E-state index is 0.190. The van der Waals surface area contributed by atoms with E-state index >= 15 is 0 Å². The van der Waals surface area contributed by atoms with Gasteiger partial charge in [-0.2, -0.15) is 0 Å². The molecule has 0 aliphatic rings. The molecule has 0 aliphatic heterocycles. The van der Waals surface area contributed by atoms with Gasteiger partial charge in [-0.3, -0.25) is 4.79 Å². The van der Waals surface area contributed by atoms with Crippen molar-refractivity contribution in [2.45, 2.75) is 118 Å². The molecule has 0 N–H and O–H groups in total. The summed E-state index contributed by atoms with van der Waals surface area (Å²) in [6.07, 6.45) is 7.65. The second kappa shape index (κ2) is 12.3. The highest BCUT2D eigenvalue weighted by Crippen LogP contribution is 2.38. The summed E-state index contributed by atoms with van der Waals surface area (Å²) in [4.78, 5) is 12.4. The Morgan fingerprint density at radius 3 is 2.10 bits per heavy atom. The molecule has 0 aromatic carbocycles. The van der Waals surface area contributed by atoms with Crippen LogP contribution in [0, 0.1) is 5.41 Å². The monoisotopic (exact) mass is 428 g/mol. The maximum atomic E-state index is 12.4. The van der Waals surface area contributed by atoms with Crippen molar-refractivity contribution in [1.29, 1.82) is 0 Å². The molecule has 0 unspecified atom stereocenters. The van der Waals surface area contributed by atoms with Crippen LogP contribution in [0.5, 0.6) is 0 Å². The Balaban J connectivity index is 5.43. The van der Waals surface area contributed by atoms with Gasteiger partial charge in [0.15, 0.2) is 8.32 Å². The van der Waals surface area contributed by atoms with Crippen molar-refractivity contribution in [3.8, 4) is 0 Å². The third-order valence-electron chi connectivity index (χ3n) is 6.21. The lowest BCUT2D eigenvalue weighted by atomic mass is 9.82. The first-order valence-electron chi connectivity index (χ1n) is 11.3. The third-order valence-corrected chi connectivity index (χ3v) is 10.7. The molecule has 0 fully saturated rings. The van der Waals surface area contributed by atoms with Gasteiger partial charge in [0.1, 0.15) is 0 Å². The smallest absolute Gasteiger partial charge is 0.314 e. The van der Waals surface area contributed by atoms with Crippen LogP contribution >= 0.6 is 0 Å². The van der Waals surface area contributed by atoms with E-state index in [9.17, 15) is 4.79 Å². The Morgan fingerprint density at radius 1 is 1.07 bits per heavy atom. The zero-order chi connectivity index (χ0) is 22.9. The van der Waals surface area contributed by atoms with E-state index in [0.717, 1.165) is 18.4 Å². The van der Waals surface area contributed by atoms with Crippen molar-refractivity contribution >= 4 is 14.3 Å². The van der Waals surface area contributed by atoms with Crippen molar-refractivity contribution < 1.29 is 18.7 Å². The summed E-state index contributed by atoms with van der Waals surface area (Å²) >= 11 is 0. The Hall–Kier alpha value is -0.653. The minimum Gasteiger partial charge on any atom is -0.465 e. The highest BCUT2D eigenvalue weighted by Gasteiger charge is 2.40. The molecule has 29 heavy (non-hydrogen) atoms. The summed E-state index contributed by atoms with van der Waals surface area (Å²) in [6, 6.07) is 0. The number of carbonyl (C=O) groups is 1. The molecule has 2 atom stereocenters. The first kappa shape index (κ1) is 28.3. The van der Waals surface area contributed by atoms with E-state index in [4.69, 9.17) is 13.9 Å². The lowest BCUT2D eigenvalue weighted by Crippen LogP contribution is -2.44. The summed E-state index contributed by atoms with van der Waals surface area (Å²) in [5.41, 5.74) is 0.327. The quantitative estimate of drug-likeness (QED) is 0.138. The summed E-state index contributed by atoms with van der Waals surface area (Å²) in [5, 5.41) is 0.190. The van der Waals surface area contributed by atoms with Crippen LogP contribution in [-0.2, 0) is 18.7 Å². The standard InChI is InChI=1S/C24H48O4Si/c1-12-14-15-16-20(28-29(10,11)23(4,5)6)18-17-19(3)21(26-9)24(7,8)22(25)27-13-2/h17,20-21H,12-16,18H2,1-11H3/b19-17+/t20-,21-/m1/s1. The van der Waals surface area contributed by atoms with Crippen LogP contribution in [0.2, 0.25) is 18.1 Å². The van der Waals surface area contributed by atoms with E-state index in [1.54, 1.807) is 7.11 Å². The second-order valence-corrected chi connectivity index (χ2v) is 15.0. The average Bonchev–Trinajstić information content (AvgIpc) is 2.59. The van der Waals surface area contributed by atoms with Gasteiger partial charge in [0.2, 0.25) is 0 Å². The number of hydrogen-bond donors (Lipinski definition) is 0. The predicted octanol–water partition coefficient (Wildman–Crippen LogP) is 6.90. The third kappa shape index (κ3) is 8.93. The molecule has 0 saturated heterocycles. The highest BCUT2D eigenvalue weighted by atomic mass is 28.4. The Labute approximate surface area is 181 Å². The Morgan fingerprint density at radius 2 is 1.66 bits per heavy atom. The van der Waals surface area contributed by atoms with Crippen molar-refractivity contribution in [3.63, 3.8) is 0 Å². The summed E-state index contributed by atoms with van der Waals surface area (Å²) in [5.74, 6) is -0.225. The zero-order valence-electron chi connectivity index (χ0n) is 21.1. The Bertz CT molecular complexity index is 517. The minimum atomic E-state index is -1.84. The summed E-state index contributed by atoms with van der Waals surface area (Å²) in [6.45, 7) is 21.8. The largest absolute Gasteiger partial charge is 0.465 e. The summed E-state index contributed by atoms with van der Waals surface area (Å²) < 4.78 is 17.7. The maximum absolute atomic E-state index is 12.4. The molecule has 0 saturated carbocycles. The van der Waals surface area contributed by atoms with Gasteiger partial charge in [-0.1, -0.05) is 53.0 Å². The first-order chi connectivity index (χ1) is 13.2. The molecule has 4 nitrogen and oxygen atoms in total. The van der Waals surface area contributed by atoms with Crippen molar-refractivity contribution in [2.24, 2.45) is 5.41 Å². The van der Waals surface area contributed by atoms with Gasteiger partial charge in [0, 0.05) is 13.2 Å². The van der Waals surface area contributed by atoms with Crippen LogP contribution in [0.15, 0.2) is 11.6 Å². The predicted molar refractivity (Wildman–Crippen MR) is 126 cm³/mol. The first-order valence-corrected chi connectivity index (χ1v) is 14.2. The molecule has 0 bridgehead atoms. The second-order valence-electron chi connectivity index (χ2n) is 10.2. The SMILES string of the molecule is CCCCC[C@H](C/C=C(\C)[C@@H](OC)C(C)(C)C(=O)OCC)O[Si](C)(C)C(C)(C)C. The lowest BCUT2D eigenvalue weighted by Gasteiger charge is -2.39. The van der Waals surface area contributed by atoms with Gasteiger partial charge in [0.05, 0.1) is 18.1 Å². The topological polar surface area (TPSA) is 44.8 Å². The normalized spacial score (nSPS) is 15.9. The van der Waals surface area contributed by atoms with Crippen molar-refractivity contribution in [3.05, 3.63) is 11.6 Å². The van der Waals surface area contributed by atoms with Gasteiger partial charge < -0.3 is 13.9 Å². The van der Waals surface area contributed by atoms with Gasteiger partial charge in [-0.15, -0.1) is 0 Å². The van der Waals surface area contributed by atoms with E-state index in [-0.39, 0.29) is 23.2 Å². The molecule has 0 heterocycles. The molecule has 0 amide bonds. The molecule has 0 aromatic rings. The lowest BCUT2D eigenvalue weighted by molar-refractivity contribution is -0.159. The number of esters is 1. The average molecular weight is 429 g/mol. The number of carbonyl (C=O) groups excluding carboxylic acids is 1. The van der Waals surface area contributed by atoms with Crippen molar-refractivity contribution in [1.82, 2.24) is 0 Å². The fourth-order valence-electron chi connectivity index (χ4n) is 3.34. The molecule has 0 aliphatic carbocycles. The van der Waals surface area contributed by atoms with Crippen LogP contribution in [0.3, 0.4) is 0 Å². The molecule has 0 aromatic heterocycles. The van der Waals surface area contributed by atoms with Crippen LogP contribution in [0.4, 0.5) is 0 Å². The van der Waals surface area contributed by atoms with Gasteiger partial charge in [-0.05, 0) is 64.2 Å². The molecule has 0 radical (unpaired) electrons. The number of ether oxygens (including phenoxy) is 2. The van der Waals surface area contributed by atoms with Crippen molar-refractivity contribution in [2.75, 3.05) is 13.7 Å². The van der Waals surface area contributed by atoms with Gasteiger partial charge >= 0.3 is 5.97 Å². The zero-order valence-corrected chi connectivity index (χ0v) is 22.1. The van der Waals surface area contributed by atoms with E-state index in [1.807, 2.05) is 27.7 Å². The molecule has 0 rings (SSSR count). The Kier molecular flexibility index (Phi) is 12.0. The summed E-state index contributed by atoms with van der Waals surface area (Å²) in [7, 11) is -0.175. The molecule has 5 heteroatoms. The molecular weight excluding hydrogens is 380 g/mol. The maximum Gasteiger partial charge on any atom is 0.314 e. The number of unbranched alkanes of at least 4 members (excludes halogenated alkanes) is 2. The molecule has 172 valence electrons. The van der Waals surface area contributed by atoms with Crippen LogP contribution < -0.4 is 0 Å². The van der Waals surface area contributed by atoms with Crippen LogP contribution in [0.1, 0.15) is 87.5 Å². The van der Waals surface area contributed by atoms with E-state index in [2.05, 4.69) is 46.9 Å². The van der Waals surface area contributed by atoms with Gasteiger partial charge in [0.25, 0.3) is 0 Å². The fourth-order valence-corrected chi connectivity index (χ4v) is 4.74. The van der Waals surface area contributed by atoms with E-state index in [1.165, 1.54) is 19.3 Å².